The van der Waals surface area contributed by atoms with Gasteiger partial charge in [0, 0.05) is 32.0 Å². The summed E-state index contributed by atoms with van der Waals surface area (Å²) in [6.45, 7) is 7.94. The molecule has 1 atom stereocenters. The first-order valence-electron chi connectivity index (χ1n) is 10.0. The van der Waals surface area contributed by atoms with Gasteiger partial charge >= 0.3 is 0 Å². The van der Waals surface area contributed by atoms with Crippen molar-refractivity contribution in [2.24, 2.45) is 0 Å². The van der Waals surface area contributed by atoms with Gasteiger partial charge in [0.25, 0.3) is 0 Å². The van der Waals surface area contributed by atoms with E-state index in [1.165, 1.54) is 28.0 Å². The molecule has 0 aromatic heterocycles. The van der Waals surface area contributed by atoms with Crippen LogP contribution in [0, 0.1) is 5.82 Å². The molecule has 1 heterocycles. The molecule has 3 rings (SSSR count). The number of halogens is 1. The average molecular weight is 398 g/mol. The number of rotatable bonds is 8. The molecule has 1 aliphatic heterocycles. The molecule has 0 bridgehead atoms. The van der Waals surface area contributed by atoms with E-state index in [1.807, 2.05) is 0 Å². The first kappa shape index (κ1) is 21.0. The summed E-state index contributed by atoms with van der Waals surface area (Å²) in [5.41, 5.74) is -0.999. The van der Waals surface area contributed by atoms with Crippen molar-refractivity contribution >= 4 is 17.7 Å². The van der Waals surface area contributed by atoms with Crippen molar-refractivity contribution in [2.45, 2.75) is 50.0 Å². The molecule has 1 saturated carbocycles. The zero-order valence-corrected chi connectivity index (χ0v) is 16.6. The molecule has 29 heavy (non-hydrogen) atoms. The van der Waals surface area contributed by atoms with Crippen LogP contribution in [0.3, 0.4) is 0 Å². The number of carbonyl (C=O) groups is 3. The number of carbonyl (C=O) groups excluding carboxylic acids is 3. The van der Waals surface area contributed by atoms with E-state index in [-0.39, 0.29) is 36.6 Å². The van der Waals surface area contributed by atoms with Crippen LogP contribution in [-0.2, 0) is 19.8 Å². The minimum atomic E-state index is -1.38. The van der Waals surface area contributed by atoms with E-state index in [0.717, 1.165) is 25.7 Å². The van der Waals surface area contributed by atoms with Crippen LogP contribution in [-0.4, -0.2) is 46.7 Å². The summed E-state index contributed by atoms with van der Waals surface area (Å²) in [6, 6.07) is 5.57. The lowest BCUT2D eigenvalue weighted by Gasteiger charge is -2.31. The molecule has 1 aromatic rings. The SMILES string of the molecule is C=CCN(CC=C)C(=O)CC1(c2cccc(F)c2)CC(=O)N(C2CCCC2)C1=O. The lowest BCUT2D eigenvalue weighted by Crippen LogP contribution is -2.46. The Morgan fingerprint density at radius 1 is 1.21 bits per heavy atom. The van der Waals surface area contributed by atoms with Crippen molar-refractivity contribution in [1.29, 1.82) is 0 Å². The van der Waals surface area contributed by atoms with Gasteiger partial charge in [0.05, 0.1) is 5.41 Å². The minimum absolute atomic E-state index is 0.118. The van der Waals surface area contributed by atoms with Gasteiger partial charge in [-0.05, 0) is 30.5 Å². The van der Waals surface area contributed by atoms with Crippen LogP contribution in [0.1, 0.15) is 44.1 Å². The summed E-state index contributed by atoms with van der Waals surface area (Å²) in [6.07, 6.45) is 6.40. The van der Waals surface area contributed by atoms with Crippen LogP contribution in [0.5, 0.6) is 0 Å². The maximum Gasteiger partial charge on any atom is 0.241 e. The van der Waals surface area contributed by atoms with Gasteiger partial charge in [0.2, 0.25) is 17.7 Å². The second kappa shape index (κ2) is 8.72. The Morgan fingerprint density at radius 3 is 2.45 bits per heavy atom. The third-order valence-electron chi connectivity index (χ3n) is 5.92. The van der Waals surface area contributed by atoms with Gasteiger partial charge < -0.3 is 4.90 Å². The molecule has 6 heteroatoms. The van der Waals surface area contributed by atoms with Crippen molar-refractivity contribution in [2.75, 3.05) is 13.1 Å². The topological polar surface area (TPSA) is 57.7 Å². The second-order valence-electron chi connectivity index (χ2n) is 7.83. The number of benzene rings is 1. The first-order valence-corrected chi connectivity index (χ1v) is 10.0. The molecule has 154 valence electrons. The Kier molecular flexibility index (Phi) is 6.30. The molecule has 0 radical (unpaired) electrons. The Labute approximate surface area is 170 Å². The average Bonchev–Trinajstić information content (AvgIpc) is 3.28. The Balaban J connectivity index is 2.00. The van der Waals surface area contributed by atoms with Crippen LogP contribution in [0.15, 0.2) is 49.6 Å². The summed E-state index contributed by atoms with van der Waals surface area (Å²) in [5, 5.41) is 0. The van der Waals surface area contributed by atoms with E-state index in [0.29, 0.717) is 18.7 Å². The molecule has 1 saturated heterocycles. The summed E-state index contributed by atoms with van der Waals surface area (Å²) in [5.74, 6) is -1.45. The molecule has 1 unspecified atom stereocenters. The van der Waals surface area contributed by atoms with Gasteiger partial charge in [0.1, 0.15) is 5.82 Å². The van der Waals surface area contributed by atoms with E-state index < -0.39 is 11.2 Å². The van der Waals surface area contributed by atoms with Crippen molar-refractivity contribution < 1.29 is 18.8 Å². The van der Waals surface area contributed by atoms with E-state index in [1.54, 1.807) is 18.2 Å². The number of nitrogens with zero attached hydrogens (tertiary/aromatic N) is 2. The van der Waals surface area contributed by atoms with Crippen LogP contribution < -0.4 is 0 Å². The quantitative estimate of drug-likeness (QED) is 0.498. The lowest BCUT2D eigenvalue weighted by atomic mass is 9.75. The number of imide groups is 1. The van der Waals surface area contributed by atoms with Gasteiger partial charge in [-0.25, -0.2) is 4.39 Å². The fourth-order valence-corrected chi connectivity index (χ4v) is 4.51. The fraction of sp³-hybridized carbons (Fsp3) is 0.435. The third-order valence-corrected chi connectivity index (χ3v) is 5.92. The van der Waals surface area contributed by atoms with Crippen LogP contribution >= 0.6 is 0 Å². The van der Waals surface area contributed by atoms with Crippen LogP contribution in [0.2, 0.25) is 0 Å². The fourth-order valence-electron chi connectivity index (χ4n) is 4.51. The molecule has 5 nitrogen and oxygen atoms in total. The predicted molar refractivity (Wildman–Crippen MR) is 108 cm³/mol. The summed E-state index contributed by atoms with van der Waals surface area (Å²) in [7, 11) is 0. The number of likely N-dealkylation sites (tertiary alicyclic amines) is 1. The monoisotopic (exact) mass is 398 g/mol. The van der Waals surface area contributed by atoms with Crippen molar-refractivity contribution in [1.82, 2.24) is 9.80 Å². The maximum absolute atomic E-state index is 14.0. The van der Waals surface area contributed by atoms with Crippen molar-refractivity contribution in [3.05, 3.63) is 61.0 Å². The molecule has 3 amide bonds. The predicted octanol–water partition coefficient (Wildman–Crippen LogP) is 3.36. The van der Waals surface area contributed by atoms with Gasteiger partial charge in [0.15, 0.2) is 0 Å². The lowest BCUT2D eigenvalue weighted by molar-refractivity contribution is -0.144. The molecule has 2 aliphatic rings. The van der Waals surface area contributed by atoms with E-state index >= 15 is 0 Å². The maximum atomic E-state index is 14.0. The Bertz CT molecular complexity index is 821. The van der Waals surface area contributed by atoms with Crippen LogP contribution in [0.25, 0.3) is 0 Å². The van der Waals surface area contributed by atoms with E-state index in [9.17, 15) is 18.8 Å². The highest BCUT2D eigenvalue weighted by Crippen LogP contribution is 2.43. The molecule has 1 aliphatic carbocycles. The van der Waals surface area contributed by atoms with Gasteiger partial charge in [-0.15, -0.1) is 13.2 Å². The smallest absolute Gasteiger partial charge is 0.241 e. The standard InChI is InChI=1S/C23H27FN2O3/c1-3-12-25(13-4-2)20(27)15-23(17-8-7-9-18(24)14-17)16-21(28)26(22(23)29)19-10-5-6-11-19/h3-4,7-9,14,19H,1-2,5-6,10-13,15-16H2. The molecule has 0 spiro atoms. The summed E-state index contributed by atoms with van der Waals surface area (Å²) in [4.78, 5) is 42.4. The first-order chi connectivity index (χ1) is 13.9. The normalized spacial score (nSPS) is 22.2. The Morgan fingerprint density at radius 2 is 1.86 bits per heavy atom. The van der Waals surface area contributed by atoms with Crippen molar-refractivity contribution in [3.8, 4) is 0 Å². The molecule has 1 aromatic carbocycles. The van der Waals surface area contributed by atoms with Crippen molar-refractivity contribution in [3.63, 3.8) is 0 Å². The van der Waals surface area contributed by atoms with Gasteiger partial charge in [-0.1, -0.05) is 37.1 Å². The zero-order valence-electron chi connectivity index (χ0n) is 16.6. The summed E-state index contributed by atoms with van der Waals surface area (Å²) >= 11 is 0. The summed E-state index contributed by atoms with van der Waals surface area (Å²) < 4.78 is 14.0. The minimum Gasteiger partial charge on any atom is -0.335 e. The zero-order chi connectivity index (χ0) is 21.0. The highest BCUT2D eigenvalue weighted by atomic mass is 19.1. The van der Waals surface area contributed by atoms with Crippen LogP contribution in [0.4, 0.5) is 4.39 Å². The van der Waals surface area contributed by atoms with E-state index in [4.69, 9.17) is 0 Å². The van der Waals surface area contributed by atoms with E-state index in [2.05, 4.69) is 13.2 Å². The third kappa shape index (κ3) is 4.02. The molecule has 0 N–H and O–H groups in total. The highest BCUT2D eigenvalue weighted by Gasteiger charge is 2.55. The highest BCUT2D eigenvalue weighted by molar-refractivity contribution is 6.11. The molecule has 2 fully saturated rings. The Hall–Kier alpha value is -2.76. The van der Waals surface area contributed by atoms with Gasteiger partial charge in [-0.2, -0.15) is 0 Å². The van der Waals surface area contributed by atoms with Gasteiger partial charge in [-0.3, -0.25) is 19.3 Å². The number of hydrogen-bond acceptors (Lipinski definition) is 3. The number of hydrogen-bond donors (Lipinski definition) is 0. The second-order valence-corrected chi connectivity index (χ2v) is 7.83. The largest absolute Gasteiger partial charge is 0.335 e. The molecular formula is C23H27FN2O3. The number of amides is 3. The molecular weight excluding hydrogens is 371 g/mol.